The van der Waals surface area contributed by atoms with E-state index in [9.17, 15) is 0 Å². The zero-order valence-electron chi connectivity index (χ0n) is 11.5. The first kappa shape index (κ1) is 12.4. The van der Waals surface area contributed by atoms with Crippen LogP contribution >= 0.6 is 0 Å². The number of nitrogens with two attached hydrogens (primary N) is 1. The van der Waals surface area contributed by atoms with Crippen LogP contribution < -0.4 is 5.73 Å². The molecular weight excluding hydrogens is 230 g/mol. The van der Waals surface area contributed by atoms with Gasteiger partial charge in [-0.1, -0.05) is 48.5 Å². The van der Waals surface area contributed by atoms with Crippen LogP contribution in [0.2, 0.25) is 0 Å². The highest BCUT2D eigenvalue weighted by molar-refractivity contribution is 5.37. The zero-order chi connectivity index (χ0) is 13.3. The molecule has 0 aromatic heterocycles. The Labute approximate surface area is 115 Å². The molecule has 0 heterocycles. The van der Waals surface area contributed by atoms with E-state index in [4.69, 9.17) is 5.73 Å². The lowest BCUT2D eigenvalue weighted by molar-refractivity contribution is 0.704. The average molecular weight is 251 g/mol. The van der Waals surface area contributed by atoms with Gasteiger partial charge in [-0.3, -0.25) is 0 Å². The van der Waals surface area contributed by atoms with Gasteiger partial charge in [0.25, 0.3) is 0 Å². The van der Waals surface area contributed by atoms with Gasteiger partial charge in [0.1, 0.15) is 0 Å². The molecule has 0 amide bonds. The van der Waals surface area contributed by atoms with Crippen LogP contribution in [0.1, 0.15) is 35.1 Å². The Hall–Kier alpha value is -1.60. The summed E-state index contributed by atoms with van der Waals surface area (Å²) in [4.78, 5) is 0. The Bertz CT molecular complexity index is 564. The van der Waals surface area contributed by atoms with Crippen LogP contribution in [-0.4, -0.2) is 6.54 Å². The normalized spacial score (nSPS) is 16.3. The number of benzene rings is 2. The molecule has 2 aromatic carbocycles. The Morgan fingerprint density at radius 2 is 1.68 bits per heavy atom. The highest BCUT2D eigenvalue weighted by atomic mass is 14.7. The molecule has 1 aliphatic rings. The fourth-order valence-electron chi connectivity index (χ4n) is 2.77. The monoisotopic (exact) mass is 251 g/mol. The molecule has 1 nitrogen and oxygen atoms in total. The molecule has 0 spiro atoms. The van der Waals surface area contributed by atoms with Gasteiger partial charge in [0.05, 0.1) is 0 Å². The van der Waals surface area contributed by atoms with E-state index in [0.29, 0.717) is 5.41 Å². The van der Waals surface area contributed by atoms with Gasteiger partial charge < -0.3 is 5.73 Å². The molecule has 3 rings (SSSR count). The highest BCUT2D eigenvalue weighted by Crippen LogP contribution is 2.47. The number of hydrogen-bond acceptors (Lipinski definition) is 1. The van der Waals surface area contributed by atoms with E-state index in [2.05, 4.69) is 55.5 Å². The van der Waals surface area contributed by atoms with Gasteiger partial charge in [0.2, 0.25) is 0 Å². The molecule has 0 aliphatic heterocycles. The highest BCUT2D eigenvalue weighted by Gasteiger charge is 2.42. The van der Waals surface area contributed by atoms with E-state index in [1.165, 1.54) is 35.1 Å². The maximum atomic E-state index is 5.88. The van der Waals surface area contributed by atoms with Crippen LogP contribution in [0.4, 0.5) is 0 Å². The summed E-state index contributed by atoms with van der Waals surface area (Å²) in [7, 11) is 0. The molecule has 1 fully saturated rings. The molecule has 19 heavy (non-hydrogen) atoms. The minimum atomic E-state index is 0.307. The maximum Gasteiger partial charge on any atom is 0.00762 e. The molecular formula is C18H21N. The summed E-state index contributed by atoms with van der Waals surface area (Å²) in [5, 5.41) is 0. The van der Waals surface area contributed by atoms with Crippen LogP contribution in [0.25, 0.3) is 0 Å². The van der Waals surface area contributed by atoms with E-state index in [1.54, 1.807) is 0 Å². The van der Waals surface area contributed by atoms with Crippen molar-refractivity contribution in [3.8, 4) is 0 Å². The Balaban J connectivity index is 1.78. The van der Waals surface area contributed by atoms with Crippen molar-refractivity contribution in [1.82, 2.24) is 0 Å². The first-order valence-electron chi connectivity index (χ1n) is 7.07. The van der Waals surface area contributed by atoms with Gasteiger partial charge in [0, 0.05) is 12.0 Å². The molecule has 0 atom stereocenters. The zero-order valence-corrected chi connectivity index (χ0v) is 11.5. The average Bonchev–Trinajstić information content (AvgIpc) is 3.23. The number of rotatable bonds is 4. The molecule has 2 aromatic rings. The molecule has 98 valence electrons. The van der Waals surface area contributed by atoms with Gasteiger partial charge in [-0.05, 0) is 48.4 Å². The lowest BCUT2D eigenvalue weighted by Crippen LogP contribution is -2.19. The lowest BCUT2D eigenvalue weighted by atomic mass is 9.93. The summed E-state index contributed by atoms with van der Waals surface area (Å²) < 4.78 is 0. The molecule has 0 bridgehead atoms. The maximum absolute atomic E-state index is 5.88. The van der Waals surface area contributed by atoms with Crippen LogP contribution in [0, 0.1) is 6.92 Å². The van der Waals surface area contributed by atoms with Crippen molar-refractivity contribution in [2.24, 2.45) is 5.73 Å². The molecule has 2 N–H and O–H groups in total. The first-order chi connectivity index (χ1) is 9.23. The molecule has 1 aliphatic carbocycles. The standard InChI is InChI=1S/C18H21N/c1-14-4-2-3-5-16(14)12-15-6-8-17(9-7-15)18(13-19)10-11-18/h2-9H,10-13,19H2,1H3. The van der Waals surface area contributed by atoms with Gasteiger partial charge in [-0.25, -0.2) is 0 Å². The van der Waals surface area contributed by atoms with E-state index >= 15 is 0 Å². The lowest BCUT2D eigenvalue weighted by Gasteiger charge is -2.13. The van der Waals surface area contributed by atoms with Crippen LogP contribution in [0.3, 0.4) is 0 Å². The van der Waals surface area contributed by atoms with Gasteiger partial charge in [-0.15, -0.1) is 0 Å². The summed E-state index contributed by atoms with van der Waals surface area (Å²) in [6.07, 6.45) is 3.52. The topological polar surface area (TPSA) is 26.0 Å². The third-order valence-electron chi connectivity index (χ3n) is 4.47. The number of aryl methyl sites for hydroxylation is 1. The minimum Gasteiger partial charge on any atom is -0.330 e. The van der Waals surface area contributed by atoms with Crippen LogP contribution in [0.15, 0.2) is 48.5 Å². The quantitative estimate of drug-likeness (QED) is 0.883. The van der Waals surface area contributed by atoms with E-state index in [-0.39, 0.29) is 0 Å². The fraction of sp³-hybridized carbons (Fsp3) is 0.333. The molecule has 0 unspecified atom stereocenters. The Kier molecular flexibility index (Phi) is 3.16. The summed E-state index contributed by atoms with van der Waals surface area (Å²) in [5.74, 6) is 0. The summed E-state index contributed by atoms with van der Waals surface area (Å²) in [6.45, 7) is 2.96. The van der Waals surface area contributed by atoms with Crippen molar-refractivity contribution in [3.63, 3.8) is 0 Å². The van der Waals surface area contributed by atoms with Crippen LogP contribution in [-0.2, 0) is 11.8 Å². The second kappa shape index (κ2) is 4.82. The van der Waals surface area contributed by atoms with Crippen molar-refractivity contribution in [1.29, 1.82) is 0 Å². The number of hydrogen-bond donors (Lipinski definition) is 1. The smallest absolute Gasteiger partial charge is 0.00762 e. The predicted molar refractivity (Wildman–Crippen MR) is 80.4 cm³/mol. The third-order valence-corrected chi connectivity index (χ3v) is 4.47. The largest absolute Gasteiger partial charge is 0.330 e. The summed E-state index contributed by atoms with van der Waals surface area (Å²) >= 11 is 0. The third kappa shape index (κ3) is 2.43. The predicted octanol–water partition coefficient (Wildman–Crippen LogP) is 3.58. The Morgan fingerprint density at radius 3 is 2.26 bits per heavy atom. The van der Waals surface area contributed by atoms with Crippen molar-refractivity contribution < 1.29 is 0 Å². The molecule has 1 saturated carbocycles. The summed E-state index contributed by atoms with van der Waals surface area (Å²) in [6, 6.07) is 17.7. The minimum absolute atomic E-state index is 0.307. The van der Waals surface area contributed by atoms with E-state index in [1.807, 2.05) is 0 Å². The van der Waals surface area contributed by atoms with Gasteiger partial charge in [0.15, 0.2) is 0 Å². The second-order valence-electron chi connectivity index (χ2n) is 5.78. The van der Waals surface area contributed by atoms with Crippen molar-refractivity contribution >= 4 is 0 Å². The van der Waals surface area contributed by atoms with Crippen molar-refractivity contribution in [3.05, 3.63) is 70.8 Å². The van der Waals surface area contributed by atoms with E-state index in [0.717, 1.165) is 13.0 Å². The second-order valence-corrected chi connectivity index (χ2v) is 5.78. The van der Waals surface area contributed by atoms with E-state index < -0.39 is 0 Å². The van der Waals surface area contributed by atoms with Crippen molar-refractivity contribution in [2.75, 3.05) is 6.54 Å². The first-order valence-corrected chi connectivity index (χ1v) is 7.07. The van der Waals surface area contributed by atoms with Crippen LogP contribution in [0.5, 0.6) is 0 Å². The Morgan fingerprint density at radius 1 is 1.00 bits per heavy atom. The fourth-order valence-corrected chi connectivity index (χ4v) is 2.77. The van der Waals surface area contributed by atoms with Crippen molar-refractivity contribution in [2.45, 2.75) is 31.6 Å². The molecule has 0 radical (unpaired) electrons. The molecule has 0 saturated heterocycles. The molecule has 1 heteroatoms. The van der Waals surface area contributed by atoms with Gasteiger partial charge >= 0.3 is 0 Å². The SMILES string of the molecule is Cc1ccccc1Cc1ccc(C2(CN)CC2)cc1. The van der Waals surface area contributed by atoms with Gasteiger partial charge in [-0.2, -0.15) is 0 Å². The summed E-state index contributed by atoms with van der Waals surface area (Å²) in [5.41, 5.74) is 11.8.